The molecule has 2 heterocycles. The summed E-state index contributed by atoms with van der Waals surface area (Å²) >= 11 is 0. The largest absolute Gasteiger partial charge is 0.480 e. The van der Waals surface area contributed by atoms with Gasteiger partial charge in [0.25, 0.3) is 0 Å². The first kappa shape index (κ1) is 27.7. The lowest BCUT2D eigenvalue weighted by molar-refractivity contribution is -0.141. The molecule has 198 valence electrons. The molecule has 2 aromatic rings. The fraction of sp³-hybridized carbons (Fsp3) is 0.476. The topological polar surface area (TPSA) is 204 Å². The highest BCUT2D eigenvalue weighted by Gasteiger charge is 2.48. The van der Waals surface area contributed by atoms with Crippen LogP contribution in [0.1, 0.15) is 32.4 Å². The number of hydrogen-bond acceptors (Lipinski definition) is 11. The molecule has 1 aliphatic heterocycles. The summed E-state index contributed by atoms with van der Waals surface area (Å²) in [5.74, 6) is -1.39. The van der Waals surface area contributed by atoms with Crippen LogP contribution in [0.25, 0.3) is 0 Å². The Hall–Kier alpha value is -2.84. The first-order valence-corrected chi connectivity index (χ1v) is 12.5. The number of para-hydroxylation sites is 1. The maximum atomic E-state index is 14.0. The predicted octanol–water partition coefficient (Wildman–Crippen LogP) is 1.12. The predicted molar refractivity (Wildman–Crippen MR) is 125 cm³/mol. The molecule has 0 spiro atoms. The Kier molecular flexibility index (Phi) is 8.84. The average molecular weight is 528 g/mol. The minimum atomic E-state index is -4.36. The fourth-order valence-electron chi connectivity index (χ4n) is 3.83. The number of aliphatic hydroxyl groups excluding tert-OH is 2. The number of ether oxygens (including phenoxy) is 1. The molecule has 0 saturated carbocycles. The Balaban J connectivity index is 1.87. The molecule has 15 heteroatoms. The minimum Gasteiger partial charge on any atom is -0.480 e. The second-order valence-corrected chi connectivity index (χ2v) is 10.2. The van der Waals surface area contributed by atoms with E-state index in [1.54, 1.807) is 37.5 Å². The van der Waals surface area contributed by atoms with Crippen molar-refractivity contribution < 1.29 is 43.7 Å². The van der Waals surface area contributed by atoms with Gasteiger partial charge >= 0.3 is 19.4 Å². The Morgan fingerprint density at radius 1 is 1.25 bits per heavy atom. The zero-order chi connectivity index (χ0) is 26.6. The van der Waals surface area contributed by atoms with E-state index in [1.807, 2.05) is 0 Å². The lowest BCUT2D eigenvalue weighted by Gasteiger charge is -2.35. The molecule has 1 fully saturated rings. The molecule has 0 bridgehead atoms. The van der Waals surface area contributed by atoms with Crippen molar-refractivity contribution in [1.82, 2.24) is 14.6 Å². The van der Waals surface area contributed by atoms with E-state index in [1.165, 1.54) is 19.1 Å². The number of anilines is 1. The SMILES string of the molecule is CC(C)N([C@@H](C)C(=O)O)P(=O)(OCC1OC(c2c[nH]c(=O)nc2NO)C(O)C1O)Oc1ccccc1. The van der Waals surface area contributed by atoms with Crippen molar-refractivity contribution >= 4 is 19.5 Å². The lowest BCUT2D eigenvalue weighted by Crippen LogP contribution is -2.43. The molecular formula is C21H29N4O10P. The molecule has 1 aliphatic rings. The molecule has 14 nitrogen and oxygen atoms in total. The van der Waals surface area contributed by atoms with Gasteiger partial charge in [-0.1, -0.05) is 18.2 Å². The van der Waals surface area contributed by atoms with E-state index < -0.39 is 62.5 Å². The summed E-state index contributed by atoms with van der Waals surface area (Å²) in [5, 5.41) is 40.0. The monoisotopic (exact) mass is 528 g/mol. The fourth-order valence-corrected chi connectivity index (χ4v) is 5.93. The number of aliphatic hydroxyl groups is 2. The van der Waals surface area contributed by atoms with E-state index in [9.17, 15) is 34.7 Å². The summed E-state index contributed by atoms with van der Waals surface area (Å²) in [6.45, 7) is 4.02. The summed E-state index contributed by atoms with van der Waals surface area (Å²) in [5.41, 5.74) is 1.00. The Bertz CT molecular complexity index is 1150. The standard InChI is InChI=1S/C21H29N4O10P/c1-11(2)25(12(3)20(28)29)36(32,35-13-7-5-4-6-8-13)33-10-15-16(26)17(27)18(34-15)14-9-22-21(30)23-19(14)24-31/h4-9,11-12,15-18,26-27,31H,10H2,1-3H3,(H,28,29)(H2,22,23,24,30)/t12-,15?,16?,17?,18?,36?/m0/s1. The van der Waals surface area contributed by atoms with Gasteiger partial charge in [0, 0.05) is 17.8 Å². The van der Waals surface area contributed by atoms with Crippen molar-refractivity contribution in [2.24, 2.45) is 0 Å². The molecule has 1 saturated heterocycles. The third kappa shape index (κ3) is 5.93. The molecule has 0 aliphatic carbocycles. The van der Waals surface area contributed by atoms with Gasteiger partial charge in [-0.2, -0.15) is 9.65 Å². The second kappa shape index (κ2) is 11.5. The summed E-state index contributed by atoms with van der Waals surface area (Å²) in [7, 11) is -4.36. The van der Waals surface area contributed by atoms with Gasteiger partial charge in [-0.25, -0.2) is 9.36 Å². The van der Waals surface area contributed by atoms with E-state index in [0.29, 0.717) is 0 Å². The lowest BCUT2D eigenvalue weighted by atomic mass is 10.0. The first-order chi connectivity index (χ1) is 17.0. The summed E-state index contributed by atoms with van der Waals surface area (Å²) in [4.78, 5) is 29.0. The van der Waals surface area contributed by atoms with Crippen LogP contribution < -0.4 is 15.7 Å². The second-order valence-electron chi connectivity index (χ2n) is 8.35. The molecule has 6 N–H and O–H groups in total. The molecule has 1 aromatic heterocycles. The number of benzene rings is 1. The Labute approximate surface area is 206 Å². The van der Waals surface area contributed by atoms with Gasteiger partial charge in [-0.05, 0) is 32.9 Å². The van der Waals surface area contributed by atoms with Crippen molar-refractivity contribution in [2.45, 2.75) is 57.3 Å². The average Bonchev–Trinajstić information content (AvgIpc) is 3.11. The molecule has 1 aromatic carbocycles. The zero-order valence-corrected chi connectivity index (χ0v) is 20.6. The van der Waals surface area contributed by atoms with Crippen LogP contribution >= 0.6 is 7.75 Å². The number of aromatic amines is 1. The molecule has 5 unspecified atom stereocenters. The highest BCUT2D eigenvalue weighted by molar-refractivity contribution is 7.51. The molecule has 0 amide bonds. The van der Waals surface area contributed by atoms with Crippen LogP contribution in [0.3, 0.4) is 0 Å². The van der Waals surface area contributed by atoms with Crippen LogP contribution in [0.4, 0.5) is 5.82 Å². The van der Waals surface area contributed by atoms with Gasteiger partial charge in [0.15, 0.2) is 5.82 Å². The third-order valence-corrected chi connectivity index (χ3v) is 7.84. The maximum Gasteiger partial charge on any atom is 0.462 e. The summed E-state index contributed by atoms with van der Waals surface area (Å²) in [6, 6.07) is 6.16. The van der Waals surface area contributed by atoms with Gasteiger partial charge in [0.05, 0.1) is 6.61 Å². The number of carbonyl (C=O) groups is 1. The minimum absolute atomic E-state index is 0.0400. The number of aromatic nitrogens is 2. The molecule has 6 atom stereocenters. The number of rotatable bonds is 11. The van der Waals surface area contributed by atoms with Gasteiger partial charge in [0.2, 0.25) is 0 Å². The van der Waals surface area contributed by atoms with Crippen molar-refractivity contribution in [2.75, 3.05) is 12.1 Å². The number of aliphatic carboxylic acids is 1. The number of nitrogens with zero attached hydrogens (tertiary/aromatic N) is 2. The first-order valence-electron chi connectivity index (χ1n) is 11.0. The highest BCUT2D eigenvalue weighted by atomic mass is 31.2. The molecule has 3 rings (SSSR count). The van der Waals surface area contributed by atoms with E-state index in [-0.39, 0.29) is 17.1 Å². The van der Waals surface area contributed by atoms with Crippen LogP contribution in [0, 0.1) is 0 Å². The zero-order valence-electron chi connectivity index (χ0n) is 19.7. The number of hydrogen-bond donors (Lipinski definition) is 6. The van der Waals surface area contributed by atoms with Crippen LogP contribution in [-0.2, 0) is 18.6 Å². The van der Waals surface area contributed by atoms with Crippen molar-refractivity contribution in [3.05, 3.63) is 52.6 Å². The van der Waals surface area contributed by atoms with E-state index >= 15 is 0 Å². The van der Waals surface area contributed by atoms with Crippen molar-refractivity contribution in [3.63, 3.8) is 0 Å². The maximum absolute atomic E-state index is 14.0. The van der Waals surface area contributed by atoms with Gasteiger partial charge < -0.3 is 29.6 Å². The van der Waals surface area contributed by atoms with Crippen LogP contribution in [-0.4, -0.2) is 78.1 Å². The van der Waals surface area contributed by atoms with Gasteiger partial charge in [-0.15, -0.1) is 0 Å². The van der Waals surface area contributed by atoms with Gasteiger partial charge in [-0.3, -0.25) is 20.0 Å². The molecule has 0 radical (unpaired) electrons. The van der Waals surface area contributed by atoms with Gasteiger partial charge in [0.1, 0.15) is 36.2 Å². The van der Waals surface area contributed by atoms with E-state index in [4.69, 9.17) is 13.8 Å². The quantitative estimate of drug-likeness (QED) is 0.179. The summed E-state index contributed by atoms with van der Waals surface area (Å²) in [6.07, 6.45) is -4.42. The normalized spacial score (nSPS) is 24.4. The van der Waals surface area contributed by atoms with Crippen LogP contribution in [0.15, 0.2) is 41.3 Å². The smallest absolute Gasteiger partial charge is 0.462 e. The van der Waals surface area contributed by atoms with E-state index in [0.717, 1.165) is 10.9 Å². The number of H-pyrrole nitrogens is 1. The number of carboxylic acids is 1. The summed E-state index contributed by atoms with van der Waals surface area (Å²) < 4.78 is 32.1. The van der Waals surface area contributed by atoms with E-state index in [2.05, 4.69) is 9.97 Å². The van der Waals surface area contributed by atoms with Crippen molar-refractivity contribution in [3.8, 4) is 5.75 Å². The van der Waals surface area contributed by atoms with Crippen LogP contribution in [0.2, 0.25) is 0 Å². The Morgan fingerprint density at radius 2 is 1.92 bits per heavy atom. The van der Waals surface area contributed by atoms with Crippen molar-refractivity contribution in [1.29, 1.82) is 0 Å². The Morgan fingerprint density at radius 3 is 2.50 bits per heavy atom. The third-order valence-electron chi connectivity index (χ3n) is 5.54. The number of carboxylic acid groups (broad SMARTS) is 1. The highest BCUT2D eigenvalue weighted by Crippen LogP contribution is 2.55. The molecule has 36 heavy (non-hydrogen) atoms. The molecular weight excluding hydrogens is 499 g/mol. The van der Waals surface area contributed by atoms with Crippen LogP contribution in [0.5, 0.6) is 5.75 Å². The number of nitrogens with one attached hydrogen (secondary N) is 2.